The molecule has 0 aromatic rings. The van der Waals surface area contributed by atoms with E-state index in [4.69, 9.17) is 0 Å². The van der Waals surface area contributed by atoms with Gasteiger partial charge < -0.3 is 0 Å². The molecule has 0 radical (unpaired) electrons. The third kappa shape index (κ3) is 6.30. The molecule has 3 heteroatoms. The van der Waals surface area contributed by atoms with E-state index in [0.717, 1.165) is 5.57 Å². The molecule has 0 unspecified atom stereocenters. The molecule has 0 aliphatic carbocycles. The molecule has 1 fully saturated rings. The van der Waals surface area contributed by atoms with Gasteiger partial charge in [0.15, 0.2) is 0 Å². The largest absolute Gasteiger partial charge is 0.130 e. The van der Waals surface area contributed by atoms with Gasteiger partial charge in [-0.2, -0.15) is 0 Å². The summed E-state index contributed by atoms with van der Waals surface area (Å²) >= 11 is 4.01. The number of thioether (sulfide) groups is 2. The Bertz CT molecular complexity index is 566. The van der Waals surface area contributed by atoms with Crippen molar-refractivity contribution in [3.63, 3.8) is 0 Å². The summed E-state index contributed by atoms with van der Waals surface area (Å²) in [5.41, 5.74) is 4.87. The van der Waals surface area contributed by atoms with Crippen molar-refractivity contribution in [3.05, 3.63) is 11.6 Å². The Hall–Kier alpha value is -0.223. The summed E-state index contributed by atoms with van der Waals surface area (Å²) < 4.78 is 0.0126. The Morgan fingerprint density at radius 3 is 1.91 bits per heavy atom. The lowest BCUT2D eigenvalue weighted by molar-refractivity contribution is 0.418. The van der Waals surface area contributed by atoms with Crippen molar-refractivity contribution < 1.29 is 0 Å². The lowest BCUT2D eigenvalue weighted by Gasteiger charge is -2.35. The molecule has 0 aromatic heterocycles. The van der Waals surface area contributed by atoms with Gasteiger partial charge in [0.2, 0.25) is 0 Å². The minimum absolute atomic E-state index is 0.0126. The van der Waals surface area contributed by atoms with Crippen molar-refractivity contribution in [1.82, 2.24) is 0 Å². The lowest BCUT2D eigenvalue weighted by Crippen LogP contribution is -2.32. The third-order valence-electron chi connectivity index (χ3n) is 3.51. The van der Waals surface area contributed by atoms with Gasteiger partial charge in [0.05, 0.1) is 0 Å². The van der Waals surface area contributed by atoms with E-state index in [1.54, 1.807) is 0 Å². The smallest absolute Gasteiger partial charge is 0.129 e. The van der Waals surface area contributed by atoms with Crippen LogP contribution in [0.15, 0.2) is 11.6 Å². The van der Waals surface area contributed by atoms with E-state index in [0.29, 0.717) is 0 Å². The molecule has 0 spiro atoms. The minimum Gasteiger partial charge on any atom is -0.130 e. The highest BCUT2D eigenvalue weighted by Crippen LogP contribution is 2.54. The average Bonchev–Trinajstić information content (AvgIpc) is 2.79. The zero-order chi connectivity index (χ0) is 17.9. The molecule has 0 atom stereocenters. The van der Waals surface area contributed by atoms with Crippen molar-refractivity contribution in [2.75, 3.05) is 11.5 Å². The van der Waals surface area contributed by atoms with E-state index in [1.807, 2.05) is 23.5 Å². The Morgan fingerprint density at radius 2 is 1.52 bits per heavy atom. The normalized spacial score (nSPS) is 18.7. The Labute approximate surface area is 154 Å². The fourth-order valence-electron chi connectivity index (χ4n) is 2.00. The van der Waals surface area contributed by atoms with Crippen LogP contribution in [0.3, 0.4) is 0 Å². The molecule has 0 amide bonds. The van der Waals surface area contributed by atoms with Gasteiger partial charge >= 0.3 is 0 Å². The van der Waals surface area contributed by atoms with Gasteiger partial charge in [0.25, 0.3) is 0 Å². The van der Waals surface area contributed by atoms with Crippen LogP contribution in [0.2, 0.25) is 19.6 Å². The molecule has 1 aliphatic rings. The van der Waals surface area contributed by atoms with Crippen molar-refractivity contribution in [3.8, 4) is 23.3 Å². The van der Waals surface area contributed by atoms with Crippen LogP contribution in [-0.2, 0) is 0 Å². The maximum atomic E-state index is 3.58. The minimum atomic E-state index is -1.37. The maximum Gasteiger partial charge on any atom is 0.129 e. The summed E-state index contributed by atoms with van der Waals surface area (Å²) in [6, 6.07) is 0. The fraction of sp³-hybridized carbons (Fsp3) is 0.700. The number of rotatable bonds is 0. The van der Waals surface area contributed by atoms with Crippen LogP contribution in [0.5, 0.6) is 0 Å². The summed E-state index contributed by atoms with van der Waals surface area (Å²) in [6.45, 7) is 20.4. The van der Waals surface area contributed by atoms with E-state index in [1.165, 1.54) is 11.5 Å². The van der Waals surface area contributed by atoms with Gasteiger partial charge in [0.1, 0.15) is 12.2 Å². The standard InChI is InChI=1S/C20H32S2Si/c1-18(2,3)17(12-16-23(7,8)9)11-10-13-20(19(4,5)6)21-14-15-22-20/h11H,14-15H2,1-9H3/b17-11-. The summed E-state index contributed by atoms with van der Waals surface area (Å²) in [5, 5.41) is 0. The summed E-state index contributed by atoms with van der Waals surface area (Å²) in [6.07, 6.45) is 2.07. The van der Waals surface area contributed by atoms with Crippen molar-refractivity contribution in [1.29, 1.82) is 0 Å². The molecular formula is C20H32S2Si. The van der Waals surface area contributed by atoms with E-state index >= 15 is 0 Å². The van der Waals surface area contributed by atoms with Crippen LogP contribution in [-0.4, -0.2) is 23.7 Å². The molecule has 1 saturated heterocycles. The van der Waals surface area contributed by atoms with Crippen LogP contribution in [0.4, 0.5) is 0 Å². The molecule has 23 heavy (non-hydrogen) atoms. The van der Waals surface area contributed by atoms with E-state index in [2.05, 4.69) is 90.6 Å². The summed E-state index contributed by atoms with van der Waals surface area (Å²) in [7, 11) is -1.37. The molecule has 0 saturated carbocycles. The van der Waals surface area contributed by atoms with Gasteiger partial charge in [-0.3, -0.25) is 0 Å². The van der Waals surface area contributed by atoms with Gasteiger partial charge in [-0.25, -0.2) is 0 Å². The number of hydrogen-bond donors (Lipinski definition) is 0. The first-order valence-electron chi connectivity index (χ1n) is 8.31. The van der Waals surface area contributed by atoms with Gasteiger partial charge in [-0.1, -0.05) is 78.9 Å². The summed E-state index contributed by atoms with van der Waals surface area (Å²) in [4.78, 5) is 0. The van der Waals surface area contributed by atoms with Crippen molar-refractivity contribution in [2.24, 2.45) is 10.8 Å². The second-order valence-corrected chi connectivity index (χ2v) is 16.8. The second-order valence-electron chi connectivity index (χ2n) is 9.14. The number of hydrogen-bond acceptors (Lipinski definition) is 2. The predicted octanol–water partition coefficient (Wildman–Crippen LogP) is 6.07. The zero-order valence-corrected chi connectivity index (χ0v) is 18.9. The summed E-state index contributed by atoms with van der Waals surface area (Å²) in [5.74, 6) is 12.8. The Balaban J connectivity index is 3.18. The molecule has 0 aromatic carbocycles. The van der Waals surface area contributed by atoms with Crippen LogP contribution in [0.25, 0.3) is 0 Å². The Kier molecular flexibility index (Phi) is 6.65. The van der Waals surface area contributed by atoms with E-state index < -0.39 is 8.07 Å². The van der Waals surface area contributed by atoms with Crippen molar-refractivity contribution in [2.45, 2.75) is 65.3 Å². The monoisotopic (exact) mass is 364 g/mol. The zero-order valence-electron chi connectivity index (χ0n) is 16.3. The molecule has 1 rings (SSSR count). The van der Waals surface area contributed by atoms with Crippen LogP contribution in [0, 0.1) is 34.1 Å². The average molecular weight is 365 g/mol. The predicted molar refractivity (Wildman–Crippen MR) is 114 cm³/mol. The van der Waals surface area contributed by atoms with Crippen LogP contribution >= 0.6 is 23.5 Å². The molecule has 1 heterocycles. The highest BCUT2D eigenvalue weighted by molar-refractivity contribution is 8.21. The molecule has 0 nitrogen and oxygen atoms in total. The number of allylic oxidation sites excluding steroid dienone is 2. The van der Waals surface area contributed by atoms with Crippen molar-refractivity contribution >= 4 is 31.6 Å². The fourth-order valence-corrected chi connectivity index (χ4v) is 5.72. The highest BCUT2D eigenvalue weighted by Gasteiger charge is 2.44. The third-order valence-corrected chi connectivity index (χ3v) is 8.41. The highest BCUT2D eigenvalue weighted by atomic mass is 32.2. The molecule has 0 bridgehead atoms. The Morgan fingerprint density at radius 1 is 1.00 bits per heavy atom. The molecule has 1 aliphatic heterocycles. The molecule has 128 valence electrons. The lowest BCUT2D eigenvalue weighted by atomic mass is 9.86. The maximum absolute atomic E-state index is 3.58. The van der Waals surface area contributed by atoms with Crippen LogP contribution in [0.1, 0.15) is 41.5 Å². The molecule has 0 N–H and O–H groups in total. The van der Waals surface area contributed by atoms with Gasteiger partial charge in [0, 0.05) is 23.2 Å². The second kappa shape index (κ2) is 7.34. The quantitative estimate of drug-likeness (QED) is 0.378. The van der Waals surface area contributed by atoms with E-state index in [-0.39, 0.29) is 14.9 Å². The van der Waals surface area contributed by atoms with Crippen LogP contribution < -0.4 is 0 Å². The first kappa shape index (κ1) is 20.8. The topological polar surface area (TPSA) is 0 Å². The first-order chi connectivity index (χ1) is 10.3. The SMILES string of the molecule is CC(C)(C)/C(C#C[Si](C)(C)C)=C\C#CC1(C(C)(C)C)SCCS1. The van der Waals surface area contributed by atoms with E-state index in [9.17, 15) is 0 Å². The first-order valence-corrected chi connectivity index (χ1v) is 13.8. The molecular weight excluding hydrogens is 332 g/mol. The van der Waals surface area contributed by atoms with Gasteiger partial charge in [-0.15, -0.1) is 29.1 Å². The van der Waals surface area contributed by atoms with Gasteiger partial charge in [-0.05, 0) is 10.8 Å².